The lowest BCUT2D eigenvalue weighted by molar-refractivity contribution is -0.113. The van der Waals surface area contributed by atoms with E-state index in [9.17, 15) is 9.59 Å². The van der Waals surface area contributed by atoms with E-state index in [1.165, 1.54) is 6.07 Å². The minimum absolute atomic E-state index is 0.116. The van der Waals surface area contributed by atoms with Crippen LogP contribution in [0.2, 0.25) is 0 Å². The van der Waals surface area contributed by atoms with Crippen LogP contribution in [0.5, 0.6) is 0 Å². The van der Waals surface area contributed by atoms with E-state index in [0.29, 0.717) is 11.3 Å². The molecule has 2 N–H and O–H groups in total. The number of anilines is 1. The molecule has 1 amide bonds. The maximum Gasteiger partial charge on any atom is 0.336 e. The molecule has 100 valence electrons. The van der Waals surface area contributed by atoms with Crippen LogP contribution in [0.1, 0.15) is 42.1 Å². The number of rotatable bonds is 3. The van der Waals surface area contributed by atoms with Gasteiger partial charge >= 0.3 is 5.97 Å². The Balaban J connectivity index is 2.20. The lowest BCUT2D eigenvalue weighted by Gasteiger charge is -2.09. The zero-order valence-corrected chi connectivity index (χ0v) is 11.1. The average molecular weight is 259 g/mol. The van der Waals surface area contributed by atoms with Crippen molar-refractivity contribution in [1.82, 2.24) is 0 Å². The molecule has 1 aromatic carbocycles. The Morgan fingerprint density at radius 2 is 1.95 bits per heavy atom. The number of carboxylic acid groups (broad SMARTS) is 1. The van der Waals surface area contributed by atoms with Crippen LogP contribution in [0, 0.1) is 6.92 Å². The molecule has 0 spiro atoms. The van der Waals surface area contributed by atoms with Gasteiger partial charge in [0.2, 0.25) is 0 Å². The van der Waals surface area contributed by atoms with E-state index in [4.69, 9.17) is 5.11 Å². The first-order valence-corrected chi connectivity index (χ1v) is 6.33. The standard InChI is InChI=1S/C15H17NO3/c1-9-4-3-5-12(9)14(17)16-11-7-6-10(2)13(8-11)15(18)19/h6-8H,3-5H2,1-2H3,(H,16,17)(H,18,19). The Hall–Kier alpha value is -2.10. The third-order valence-corrected chi connectivity index (χ3v) is 3.49. The number of nitrogens with one attached hydrogen (secondary N) is 1. The predicted octanol–water partition coefficient (Wildman–Crippen LogP) is 3.13. The molecule has 0 atom stereocenters. The Labute approximate surface area is 112 Å². The van der Waals surface area contributed by atoms with Crippen LogP contribution >= 0.6 is 0 Å². The van der Waals surface area contributed by atoms with Gasteiger partial charge < -0.3 is 10.4 Å². The van der Waals surface area contributed by atoms with Gasteiger partial charge in [-0.15, -0.1) is 0 Å². The van der Waals surface area contributed by atoms with Crippen molar-refractivity contribution in [2.75, 3.05) is 5.32 Å². The summed E-state index contributed by atoms with van der Waals surface area (Å²) in [6.45, 7) is 3.71. The number of hydrogen-bond acceptors (Lipinski definition) is 2. The zero-order valence-electron chi connectivity index (χ0n) is 11.1. The number of benzene rings is 1. The Morgan fingerprint density at radius 3 is 2.53 bits per heavy atom. The first-order valence-electron chi connectivity index (χ1n) is 6.33. The lowest BCUT2D eigenvalue weighted by Crippen LogP contribution is -2.14. The topological polar surface area (TPSA) is 66.4 Å². The monoisotopic (exact) mass is 259 g/mol. The predicted molar refractivity (Wildman–Crippen MR) is 73.3 cm³/mol. The average Bonchev–Trinajstić information content (AvgIpc) is 2.77. The summed E-state index contributed by atoms with van der Waals surface area (Å²) in [6.07, 6.45) is 2.79. The molecule has 0 saturated heterocycles. The van der Waals surface area contributed by atoms with Crippen molar-refractivity contribution in [3.8, 4) is 0 Å². The smallest absolute Gasteiger partial charge is 0.336 e. The second kappa shape index (κ2) is 5.26. The first kappa shape index (κ1) is 13.3. The van der Waals surface area contributed by atoms with Crippen molar-refractivity contribution in [3.63, 3.8) is 0 Å². The van der Waals surface area contributed by atoms with E-state index in [2.05, 4.69) is 5.32 Å². The van der Waals surface area contributed by atoms with Crippen LogP contribution < -0.4 is 5.32 Å². The molecule has 1 aliphatic carbocycles. The summed E-state index contributed by atoms with van der Waals surface area (Å²) in [5, 5.41) is 11.8. The molecule has 0 heterocycles. The largest absolute Gasteiger partial charge is 0.478 e. The number of aryl methyl sites for hydroxylation is 1. The minimum atomic E-state index is -0.982. The van der Waals surface area contributed by atoms with Crippen molar-refractivity contribution < 1.29 is 14.7 Å². The van der Waals surface area contributed by atoms with Gasteiger partial charge in [0.05, 0.1) is 5.56 Å². The fourth-order valence-electron chi connectivity index (χ4n) is 2.34. The van der Waals surface area contributed by atoms with Crippen LogP contribution in [-0.4, -0.2) is 17.0 Å². The molecule has 0 aliphatic heterocycles. The van der Waals surface area contributed by atoms with Crippen molar-refractivity contribution in [3.05, 3.63) is 40.5 Å². The number of allylic oxidation sites excluding steroid dienone is 1. The molecule has 19 heavy (non-hydrogen) atoms. The molecule has 0 radical (unpaired) electrons. The molecule has 1 aliphatic rings. The number of carboxylic acids is 1. The maximum atomic E-state index is 12.1. The van der Waals surface area contributed by atoms with Gasteiger partial charge in [0, 0.05) is 11.3 Å². The SMILES string of the molecule is CC1=C(C(=O)Nc2ccc(C)c(C(=O)O)c2)CCC1. The van der Waals surface area contributed by atoms with Crippen molar-refractivity contribution in [2.24, 2.45) is 0 Å². The quantitative estimate of drug-likeness (QED) is 0.876. The summed E-state index contributed by atoms with van der Waals surface area (Å²) < 4.78 is 0. The molecule has 0 fully saturated rings. The van der Waals surface area contributed by atoms with Gasteiger partial charge in [0.15, 0.2) is 0 Å². The highest BCUT2D eigenvalue weighted by molar-refractivity contribution is 6.05. The van der Waals surface area contributed by atoms with E-state index >= 15 is 0 Å². The molecule has 1 aromatic rings. The molecule has 0 unspecified atom stereocenters. The summed E-state index contributed by atoms with van der Waals surface area (Å²) in [5.74, 6) is -1.10. The van der Waals surface area contributed by atoms with Crippen LogP contribution in [-0.2, 0) is 4.79 Å². The number of hydrogen-bond donors (Lipinski definition) is 2. The minimum Gasteiger partial charge on any atom is -0.478 e. The fourth-order valence-corrected chi connectivity index (χ4v) is 2.34. The van der Waals surface area contributed by atoms with Crippen molar-refractivity contribution in [1.29, 1.82) is 0 Å². The lowest BCUT2D eigenvalue weighted by atomic mass is 10.1. The number of carbonyl (C=O) groups excluding carboxylic acids is 1. The van der Waals surface area contributed by atoms with E-state index < -0.39 is 5.97 Å². The van der Waals surface area contributed by atoms with Crippen LogP contribution in [0.3, 0.4) is 0 Å². The fraction of sp³-hybridized carbons (Fsp3) is 0.333. The van der Waals surface area contributed by atoms with Crippen LogP contribution in [0.4, 0.5) is 5.69 Å². The third kappa shape index (κ3) is 2.84. The first-order chi connectivity index (χ1) is 8.99. The molecular formula is C15H17NO3. The maximum absolute atomic E-state index is 12.1. The Bertz CT molecular complexity index is 573. The van der Waals surface area contributed by atoms with E-state index in [1.807, 2.05) is 6.92 Å². The molecule has 0 bridgehead atoms. The summed E-state index contributed by atoms with van der Waals surface area (Å²) in [7, 11) is 0. The van der Waals surface area contributed by atoms with Crippen molar-refractivity contribution in [2.45, 2.75) is 33.1 Å². The zero-order chi connectivity index (χ0) is 14.0. The normalized spacial score (nSPS) is 14.6. The highest BCUT2D eigenvalue weighted by Gasteiger charge is 2.18. The van der Waals surface area contributed by atoms with Crippen LogP contribution in [0.15, 0.2) is 29.3 Å². The summed E-state index contributed by atoms with van der Waals surface area (Å²) >= 11 is 0. The second-order valence-electron chi connectivity index (χ2n) is 4.90. The number of amides is 1. The van der Waals surface area contributed by atoms with Crippen molar-refractivity contribution >= 4 is 17.6 Å². The molecule has 4 heteroatoms. The number of carbonyl (C=O) groups is 2. The Morgan fingerprint density at radius 1 is 1.21 bits per heavy atom. The molecule has 0 aromatic heterocycles. The van der Waals surface area contributed by atoms with E-state index in [0.717, 1.165) is 30.4 Å². The van der Waals surface area contributed by atoms with Gasteiger partial charge in [0.1, 0.15) is 0 Å². The molecule has 4 nitrogen and oxygen atoms in total. The Kier molecular flexibility index (Phi) is 3.69. The van der Waals surface area contributed by atoms with Gasteiger partial charge in [-0.25, -0.2) is 4.79 Å². The summed E-state index contributed by atoms with van der Waals surface area (Å²) in [4.78, 5) is 23.1. The highest BCUT2D eigenvalue weighted by atomic mass is 16.4. The molecular weight excluding hydrogens is 242 g/mol. The highest BCUT2D eigenvalue weighted by Crippen LogP contribution is 2.26. The molecule has 0 saturated carbocycles. The van der Waals surface area contributed by atoms with Gasteiger partial charge in [-0.2, -0.15) is 0 Å². The number of aromatic carboxylic acids is 1. The van der Waals surface area contributed by atoms with Gasteiger partial charge in [-0.05, 0) is 50.8 Å². The third-order valence-electron chi connectivity index (χ3n) is 3.49. The summed E-state index contributed by atoms with van der Waals surface area (Å²) in [6, 6.07) is 4.93. The van der Waals surface area contributed by atoms with E-state index in [1.54, 1.807) is 19.1 Å². The van der Waals surface area contributed by atoms with Gasteiger partial charge in [0.25, 0.3) is 5.91 Å². The van der Waals surface area contributed by atoms with Crippen LogP contribution in [0.25, 0.3) is 0 Å². The van der Waals surface area contributed by atoms with E-state index in [-0.39, 0.29) is 11.5 Å². The van der Waals surface area contributed by atoms with Gasteiger partial charge in [-0.1, -0.05) is 11.6 Å². The summed E-state index contributed by atoms with van der Waals surface area (Å²) in [5.41, 5.74) is 3.39. The second-order valence-corrected chi connectivity index (χ2v) is 4.90. The molecule has 2 rings (SSSR count). The van der Waals surface area contributed by atoms with Gasteiger partial charge in [-0.3, -0.25) is 4.79 Å².